The van der Waals surface area contributed by atoms with Gasteiger partial charge < -0.3 is 10.2 Å². The molecule has 0 aliphatic carbocycles. The minimum atomic E-state index is -0.298. The molecule has 1 fully saturated rings. The summed E-state index contributed by atoms with van der Waals surface area (Å²) >= 11 is 3.40. The lowest BCUT2D eigenvalue weighted by atomic mass is 10.0. The molecule has 1 aliphatic rings. The van der Waals surface area contributed by atoms with Crippen LogP contribution in [0.25, 0.3) is 16.8 Å². The number of piperidine rings is 1. The molecule has 0 bridgehead atoms. The van der Waals surface area contributed by atoms with E-state index < -0.39 is 0 Å². The Morgan fingerprint density at radius 3 is 2.43 bits per heavy atom. The predicted octanol–water partition coefficient (Wildman–Crippen LogP) is 5.39. The zero-order chi connectivity index (χ0) is 20.9. The van der Waals surface area contributed by atoms with Gasteiger partial charge in [-0.2, -0.15) is 0 Å². The number of likely N-dealkylation sites (tertiary alicyclic amines) is 1. The summed E-state index contributed by atoms with van der Waals surface area (Å²) in [5, 5.41) is 5.02. The molecule has 0 atom stereocenters. The van der Waals surface area contributed by atoms with Crippen molar-refractivity contribution in [1.29, 1.82) is 0 Å². The van der Waals surface area contributed by atoms with E-state index in [1.165, 1.54) is 0 Å². The molecule has 0 saturated carbocycles. The molecule has 152 valence electrons. The molecule has 30 heavy (non-hydrogen) atoms. The molecule has 4 rings (SSSR count). The largest absolute Gasteiger partial charge is 0.337 e. The van der Waals surface area contributed by atoms with Crippen LogP contribution in [0.1, 0.15) is 35.2 Å². The van der Waals surface area contributed by atoms with Crippen molar-refractivity contribution in [1.82, 2.24) is 10.2 Å². The smallest absolute Gasteiger partial charge is 0.270 e. The SMILES string of the molecule is O=C(N/C(=C/c1cccc2ccccc12)C(=O)N1CCCCC1)c1cccc(Br)c1. The molecule has 0 spiro atoms. The summed E-state index contributed by atoms with van der Waals surface area (Å²) in [6.45, 7) is 1.44. The lowest BCUT2D eigenvalue weighted by Crippen LogP contribution is -2.41. The highest BCUT2D eigenvalue weighted by Crippen LogP contribution is 2.22. The monoisotopic (exact) mass is 462 g/mol. The highest BCUT2D eigenvalue weighted by molar-refractivity contribution is 9.10. The van der Waals surface area contributed by atoms with Crippen molar-refractivity contribution in [3.63, 3.8) is 0 Å². The second-order valence-corrected chi connectivity index (χ2v) is 8.36. The fourth-order valence-electron chi connectivity index (χ4n) is 3.77. The van der Waals surface area contributed by atoms with Gasteiger partial charge in [0, 0.05) is 23.1 Å². The maximum absolute atomic E-state index is 13.3. The van der Waals surface area contributed by atoms with Gasteiger partial charge in [-0.15, -0.1) is 0 Å². The summed E-state index contributed by atoms with van der Waals surface area (Å²) < 4.78 is 0.817. The summed E-state index contributed by atoms with van der Waals surface area (Å²) in [4.78, 5) is 28.0. The topological polar surface area (TPSA) is 49.4 Å². The van der Waals surface area contributed by atoms with Crippen LogP contribution in [0.15, 0.2) is 76.9 Å². The van der Waals surface area contributed by atoms with Gasteiger partial charge in [0.15, 0.2) is 0 Å². The molecule has 1 N–H and O–H groups in total. The Bertz CT molecular complexity index is 1110. The van der Waals surface area contributed by atoms with E-state index in [9.17, 15) is 9.59 Å². The molecule has 0 radical (unpaired) electrons. The zero-order valence-corrected chi connectivity index (χ0v) is 18.2. The van der Waals surface area contributed by atoms with Gasteiger partial charge in [-0.3, -0.25) is 9.59 Å². The van der Waals surface area contributed by atoms with E-state index in [1.54, 1.807) is 24.3 Å². The van der Waals surface area contributed by atoms with Gasteiger partial charge in [-0.1, -0.05) is 64.5 Å². The minimum absolute atomic E-state index is 0.133. The first-order chi connectivity index (χ1) is 14.6. The number of halogens is 1. The lowest BCUT2D eigenvalue weighted by molar-refractivity contribution is -0.128. The van der Waals surface area contributed by atoms with Gasteiger partial charge in [0.1, 0.15) is 5.70 Å². The molecule has 1 saturated heterocycles. The van der Waals surface area contributed by atoms with Crippen LogP contribution in [-0.4, -0.2) is 29.8 Å². The van der Waals surface area contributed by atoms with Gasteiger partial charge >= 0.3 is 0 Å². The van der Waals surface area contributed by atoms with Crippen molar-refractivity contribution < 1.29 is 9.59 Å². The first-order valence-corrected chi connectivity index (χ1v) is 11.0. The lowest BCUT2D eigenvalue weighted by Gasteiger charge is -2.27. The summed E-state index contributed by atoms with van der Waals surface area (Å²) in [6.07, 6.45) is 4.92. The highest BCUT2D eigenvalue weighted by Gasteiger charge is 2.22. The van der Waals surface area contributed by atoms with E-state index in [0.717, 1.165) is 53.2 Å². The van der Waals surface area contributed by atoms with Crippen molar-refractivity contribution in [2.75, 3.05) is 13.1 Å². The number of hydrogen-bond acceptors (Lipinski definition) is 2. The fraction of sp³-hybridized carbons (Fsp3) is 0.200. The Morgan fingerprint density at radius 1 is 0.900 bits per heavy atom. The normalized spacial score (nSPS) is 14.6. The van der Waals surface area contributed by atoms with E-state index in [4.69, 9.17) is 0 Å². The molecule has 1 heterocycles. The van der Waals surface area contributed by atoms with Crippen molar-refractivity contribution in [3.05, 3.63) is 88.0 Å². The van der Waals surface area contributed by atoms with E-state index in [2.05, 4.69) is 21.2 Å². The van der Waals surface area contributed by atoms with Crippen molar-refractivity contribution >= 4 is 44.6 Å². The fourth-order valence-corrected chi connectivity index (χ4v) is 4.17. The van der Waals surface area contributed by atoms with Crippen LogP contribution in [0.2, 0.25) is 0 Å². The van der Waals surface area contributed by atoms with Crippen LogP contribution in [0.3, 0.4) is 0 Å². The highest BCUT2D eigenvalue weighted by atomic mass is 79.9. The number of nitrogens with zero attached hydrogens (tertiary/aromatic N) is 1. The number of amides is 2. The second kappa shape index (κ2) is 9.26. The molecule has 1 aliphatic heterocycles. The minimum Gasteiger partial charge on any atom is -0.337 e. The maximum Gasteiger partial charge on any atom is 0.270 e. The average Bonchev–Trinajstić information content (AvgIpc) is 2.79. The van der Waals surface area contributed by atoms with Gasteiger partial charge in [0.25, 0.3) is 11.8 Å². The third-order valence-electron chi connectivity index (χ3n) is 5.33. The standard InChI is InChI=1S/C25H23BrN2O2/c26-21-12-7-11-20(16-21)24(29)27-23(25(30)28-14-4-1-5-15-28)17-19-10-6-9-18-8-2-3-13-22(18)19/h2-3,6-13,16-17H,1,4-5,14-15H2,(H,27,29)/b23-17+. The summed E-state index contributed by atoms with van der Waals surface area (Å²) in [6, 6.07) is 21.2. The number of nitrogens with one attached hydrogen (secondary N) is 1. The van der Waals surface area contributed by atoms with E-state index in [0.29, 0.717) is 11.3 Å². The van der Waals surface area contributed by atoms with E-state index >= 15 is 0 Å². The molecule has 3 aromatic rings. The van der Waals surface area contributed by atoms with Gasteiger partial charge in [-0.05, 0) is 59.9 Å². The Balaban J connectivity index is 1.72. The molecule has 3 aromatic carbocycles. The quantitative estimate of drug-likeness (QED) is 0.528. The van der Waals surface area contributed by atoms with E-state index in [1.807, 2.05) is 53.4 Å². The predicted molar refractivity (Wildman–Crippen MR) is 124 cm³/mol. The number of carbonyl (C=O) groups is 2. The summed E-state index contributed by atoms with van der Waals surface area (Å²) in [7, 11) is 0. The number of benzene rings is 3. The molecule has 0 unspecified atom stereocenters. The summed E-state index contributed by atoms with van der Waals surface area (Å²) in [5.41, 5.74) is 1.71. The number of carbonyl (C=O) groups excluding carboxylic acids is 2. The van der Waals surface area contributed by atoms with E-state index in [-0.39, 0.29) is 11.8 Å². The Kier molecular flexibility index (Phi) is 6.29. The molecular weight excluding hydrogens is 440 g/mol. The third kappa shape index (κ3) is 4.62. The average molecular weight is 463 g/mol. The van der Waals surface area contributed by atoms with Crippen LogP contribution >= 0.6 is 15.9 Å². The first kappa shape index (κ1) is 20.4. The molecule has 2 amide bonds. The Labute approximate surface area is 184 Å². The third-order valence-corrected chi connectivity index (χ3v) is 5.83. The molecule has 4 nitrogen and oxygen atoms in total. The van der Waals surface area contributed by atoms with Crippen LogP contribution in [0.5, 0.6) is 0 Å². The molecular formula is C25H23BrN2O2. The van der Waals surface area contributed by atoms with Crippen LogP contribution in [0, 0.1) is 0 Å². The van der Waals surface area contributed by atoms with Gasteiger partial charge in [0.2, 0.25) is 0 Å². The summed E-state index contributed by atoms with van der Waals surface area (Å²) in [5.74, 6) is -0.431. The number of fused-ring (bicyclic) bond motifs is 1. The van der Waals surface area contributed by atoms with Crippen LogP contribution in [0.4, 0.5) is 0 Å². The Hall–Kier alpha value is -2.92. The maximum atomic E-state index is 13.3. The molecule has 0 aromatic heterocycles. The van der Waals surface area contributed by atoms with Crippen LogP contribution < -0.4 is 5.32 Å². The molecule has 5 heteroatoms. The van der Waals surface area contributed by atoms with Crippen molar-refractivity contribution in [3.8, 4) is 0 Å². The zero-order valence-electron chi connectivity index (χ0n) is 16.6. The second-order valence-electron chi connectivity index (χ2n) is 7.44. The number of rotatable bonds is 4. The van der Waals surface area contributed by atoms with Crippen molar-refractivity contribution in [2.45, 2.75) is 19.3 Å². The number of hydrogen-bond donors (Lipinski definition) is 1. The Morgan fingerprint density at radius 2 is 1.63 bits per heavy atom. The van der Waals surface area contributed by atoms with Gasteiger partial charge in [-0.25, -0.2) is 0 Å². The van der Waals surface area contributed by atoms with Crippen LogP contribution in [-0.2, 0) is 4.79 Å². The van der Waals surface area contributed by atoms with Crippen molar-refractivity contribution in [2.24, 2.45) is 0 Å². The first-order valence-electron chi connectivity index (χ1n) is 10.2. The van der Waals surface area contributed by atoms with Gasteiger partial charge in [0.05, 0.1) is 0 Å².